The Bertz CT molecular complexity index is 1570. The predicted molar refractivity (Wildman–Crippen MR) is 288 cm³/mol. The minimum absolute atomic E-state index is 0.0428. The van der Waals surface area contributed by atoms with Crippen molar-refractivity contribution in [1.29, 1.82) is 0 Å². The summed E-state index contributed by atoms with van der Waals surface area (Å²) in [7, 11) is -4.39. The topological polar surface area (TPSA) is 134 Å². The molecule has 0 radical (unpaired) electrons. The molecule has 0 aliphatic carbocycles. The number of hydrogen-bond acceptors (Lipinski definition) is 8. The van der Waals surface area contributed by atoms with Crippen LogP contribution >= 0.6 is 7.82 Å². The quantitative estimate of drug-likeness (QED) is 0.0265. The lowest BCUT2D eigenvalue weighted by Gasteiger charge is -2.19. The van der Waals surface area contributed by atoms with Crippen LogP contribution < -0.4 is 5.73 Å². The number of unbranched alkanes of at least 4 members (excludes halogenated alkanes) is 12. The fourth-order valence-electron chi connectivity index (χ4n) is 6.43. The Morgan fingerprint density at radius 2 is 0.809 bits per heavy atom. The molecule has 68 heavy (non-hydrogen) atoms. The summed E-state index contributed by atoms with van der Waals surface area (Å²) in [6.45, 7) is 3.50. The van der Waals surface area contributed by atoms with E-state index in [1.807, 2.05) is 0 Å². The number of hydrogen-bond donors (Lipinski definition) is 2. The average molecular weight is 964 g/mol. The van der Waals surface area contributed by atoms with Crippen molar-refractivity contribution in [2.45, 2.75) is 193 Å². The molecule has 0 fully saturated rings. The van der Waals surface area contributed by atoms with Crippen LogP contribution in [0.5, 0.6) is 0 Å². The molecular formula is C58H94NO8P. The van der Waals surface area contributed by atoms with E-state index in [0.717, 1.165) is 141 Å². The molecule has 2 atom stereocenters. The molecule has 0 saturated heterocycles. The Labute approximate surface area is 414 Å². The van der Waals surface area contributed by atoms with E-state index < -0.39 is 32.5 Å². The summed E-state index contributed by atoms with van der Waals surface area (Å²) >= 11 is 0. The summed E-state index contributed by atoms with van der Waals surface area (Å²) in [5.74, 6) is -0.870. The van der Waals surface area contributed by atoms with Gasteiger partial charge in [-0.2, -0.15) is 0 Å². The van der Waals surface area contributed by atoms with Crippen LogP contribution in [-0.4, -0.2) is 49.3 Å². The van der Waals surface area contributed by atoms with E-state index in [4.69, 9.17) is 24.3 Å². The van der Waals surface area contributed by atoms with Crippen LogP contribution in [0.1, 0.15) is 187 Å². The number of carbonyl (C=O) groups excluding carboxylic acids is 2. The van der Waals surface area contributed by atoms with E-state index >= 15 is 0 Å². The van der Waals surface area contributed by atoms with Crippen LogP contribution in [0.2, 0.25) is 0 Å². The summed E-state index contributed by atoms with van der Waals surface area (Å²) in [6.07, 6.45) is 73.7. The van der Waals surface area contributed by atoms with Crippen molar-refractivity contribution in [1.82, 2.24) is 0 Å². The largest absolute Gasteiger partial charge is 0.472 e. The minimum Gasteiger partial charge on any atom is -0.462 e. The van der Waals surface area contributed by atoms with E-state index in [0.29, 0.717) is 12.8 Å². The zero-order chi connectivity index (χ0) is 49.5. The molecule has 0 aromatic rings. The molecule has 9 nitrogen and oxygen atoms in total. The maximum absolute atomic E-state index is 12.6. The Hall–Kier alpha value is -3.85. The van der Waals surface area contributed by atoms with Gasteiger partial charge in [-0.15, -0.1) is 0 Å². The molecule has 0 aliphatic rings. The Kier molecular flexibility index (Phi) is 49.5. The third kappa shape index (κ3) is 51.5. The van der Waals surface area contributed by atoms with Crippen LogP contribution in [-0.2, 0) is 32.7 Å². The van der Waals surface area contributed by atoms with Crippen molar-refractivity contribution in [3.63, 3.8) is 0 Å². The molecule has 0 bridgehead atoms. The van der Waals surface area contributed by atoms with Crippen LogP contribution in [0.4, 0.5) is 0 Å². The van der Waals surface area contributed by atoms with Crippen molar-refractivity contribution >= 4 is 19.8 Å². The number of allylic oxidation sites excluding steroid dienone is 22. The van der Waals surface area contributed by atoms with E-state index in [1.54, 1.807) is 0 Å². The number of ether oxygens (including phenoxy) is 2. The van der Waals surface area contributed by atoms with Crippen molar-refractivity contribution in [2.75, 3.05) is 26.4 Å². The van der Waals surface area contributed by atoms with Gasteiger partial charge in [-0.1, -0.05) is 199 Å². The molecule has 0 rings (SSSR count). The van der Waals surface area contributed by atoms with Gasteiger partial charge in [-0.25, -0.2) is 4.57 Å². The number of rotatable bonds is 47. The molecule has 384 valence electrons. The van der Waals surface area contributed by atoms with E-state index in [1.165, 1.54) is 6.42 Å². The SMILES string of the molecule is CC/C=C\C/C=C\C/C=C\C/C=C\C/C=C\C/C=C\C/C=C\C/C=C\C/C=C\C/C=C\CCCCCCCCC(=O)OC(COC(=O)CCCCCCC/C=C\CCC)COP(=O)(O)OCCN. The molecule has 0 saturated carbocycles. The maximum atomic E-state index is 12.6. The molecule has 0 aromatic carbocycles. The van der Waals surface area contributed by atoms with Gasteiger partial charge in [0.15, 0.2) is 6.10 Å². The zero-order valence-electron chi connectivity index (χ0n) is 42.5. The van der Waals surface area contributed by atoms with Crippen LogP contribution in [0.25, 0.3) is 0 Å². The second-order valence-corrected chi connectivity index (χ2v) is 18.1. The number of phosphoric acid groups is 1. The molecular weight excluding hydrogens is 870 g/mol. The molecule has 2 unspecified atom stereocenters. The maximum Gasteiger partial charge on any atom is 0.472 e. The third-order valence-electron chi connectivity index (χ3n) is 10.3. The van der Waals surface area contributed by atoms with Crippen LogP contribution in [0.15, 0.2) is 134 Å². The zero-order valence-corrected chi connectivity index (χ0v) is 43.4. The van der Waals surface area contributed by atoms with Crippen molar-refractivity contribution < 1.29 is 37.6 Å². The second-order valence-electron chi connectivity index (χ2n) is 16.7. The first kappa shape index (κ1) is 64.2. The van der Waals surface area contributed by atoms with Crippen molar-refractivity contribution in [2.24, 2.45) is 5.73 Å². The monoisotopic (exact) mass is 964 g/mol. The van der Waals surface area contributed by atoms with E-state index in [9.17, 15) is 19.0 Å². The lowest BCUT2D eigenvalue weighted by Crippen LogP contribution is -2.29. The van der Waals surface area contributed by atoms with Gasteiger partial charge in [0.2, 0.25) is 0 Å². The van der Waals surface area contributed by atoms with E-state index in [-0.39, 0.29) is 32.6 Å². The Balaban J connectivity index is 4.03. The van der Waals surface area contributed by atoms with Gasteiger partial charge >= 0.3 is 19.8 Å². The smallest absolute Gasteiger partial charge is 0.462 e. The molecule has 3 N–H and O–H groups in total. The minimum atomic E-state index is -4.39. The summed E-state index contributed by atoms with van der Waals surface area (Å²) in [5, 5.41) is 0. The van der Waals surface area contributed by atoms with Crippen molar-refractivity contribution in [3.05, 3.63) is 134 Å². The lowest BCUT2D eigenvalue weighted by atomic mass is 10.1. The van der Waals surface area contributed by atoms with Gasteiger partial charge in [0, 0.05) is 19.4 Å². The van der Waals surface area contributed by atoms with Gasteiger partial charge in [-0.05, 0) is 109 Å². The molecule has 0 aromatic heterocycles. The van der Waals surface area contributed by atoms with Gasteiger partial charge in [-0.3, -0.25) is 18.6 Å². The van der Waals surface area contributed by atoms with E-state index in [2.05, 4.69) is 148 Å². The lowest BCUT2D eigenvalue weighted by molar-refractivity contribution is -0.161. The molecule has 0 heterocycles. The highest BCUT2D eigenvalue weighted by Crippen LogP contribution is 2.43. The predicted octanol–water partition coefficient (Wildman–Crippen LogP) is 16.2. The highest BCUT2D eigenvalue weighted by atomic mass is 31.2. The highest BCUT2D eigenvalue weighted by Gasteiger charge is 2.26. The number of esters is 2. The summed E-state index contributed by atoms with van der Waals surface area (Å²) in [4.78, 5) is 34.9. The van der Waals surface area contributed by atoms with Crippen LogP contribution in [0, 0.1) is 0 Å². The first-order valence-electron chi connectivity index (χ1n) is 26.2. The number of carbonyl (C=O) groups is 2. The fourth-order valence-corrected chi connectivity index (χ4v) is 7.19. The molecule has 0 amide bonds. The summed E-state index contributed by atoms with van der Waals surface area (Å²) in [5.41, 5.74) is 5.35. The summed E-state index contributed by atoms with van der Waals surface area (Å²) in [6, 6.07) is 0. The highest BCUT2D eigenvalue weighted by molar-refractivity contribution is 7.47. The van der Waals surface area contributed by atoms with Crippen LogP contribution in [0.3, 0.4) is 0 Å². The first-order valence-corrected chi connectivity index (χ1v) is 27.7. The average Bonchev–Trinajstić information content (AvgIpc) is 3.33. The second kappa shape index (κ2) is 52.5. The van der Waals surface area contributed by atoms with Crippen molar-refractivity contribution in [3.8, 4) is 0 Å². The standard InChI is InChI=1S/C58H94NO8P/c1-3-5-7-9-11-13-15-16-17-18-19-20-21-22-23-24-25-26-27-28-29-30-31-32-33-34-35-36-37-38-39-40-41-43-45-47-49-51-58(61)67-56(55-66-68(62,63)65-53-52-59)54-64-57(60)50-48-46-44-42-14-12-10-8-6-4-2/h5,7-8,10-11,13,16-17,19-20,22-23,25-26,28-29,31-32,34-35,37-38,56H,3-4,6,9,12,14-15,18,21,24,27,30,33,36,39-55,59H2,1-2H3,(H,62,63)/b7-5-,10-8-,13-11-,17-16-,20-19-,23-22-,26-25-,29-28-,32-31-,35-34-,38-37-. The van der Waals surface area contributed by atoms with Gasteiger partial charge < -0.3 is 20.1 Å². The summed E-state index contributed by atoms with van der Waals surface area (Å²) < 4.78 is 32.8. The van der Waals surface area contributed by atoms with Gasteiger partial charge in [0.25, 0.3) is 0 Å². The molecule has 0 aliphatic heterocycles. The number of nitrogens with two attached hydrogens (primary N) is 1. The first-order chi connectivity index (χ1) is 33.3. The van der Waals surface area contributed by atoms with Gasteiger partial charge in [0.1, 0.15) is 6.61 Å². The third-order valence-corrected chi connectivity index (χ3v) is 11.2. The molecule has 10 heteroatoms. The Morgan fingerprint density at radius 3 is 1.22 bits per heavy atom. The fraction of sp³-hybridized carbons (Fsp3) is 0.586. The molecule has 0 spiro atoms. The Morgan fingerprint density at radius 1 is 0.456 bits per heavy atom. The number of phosphoric ester groups is 1. The van der Waals surface area contributed by atoms with Gasteiger partial charge in [0.05, 0.1) is 13.2 Å². The normalized spacial score (nSPS) is 14.2.